The largest absolute Gasteiger partial charge is 0.478 e. The number of nitrogens with zero attached hydrogens (tertiary/aromatic N) is 1. The van der Waals surface area contributed by atoms with E-state index in [-0.39, 0.29) is 11.4 Å². The number of benzene rings is 1. The average Bonchev–Trinajstić information content (AvgIpc) is 2.41. The first-order valence-corrected chi connectivity index (χ1v) is 6.73. The molecule has 0 aliphatic rings. The number of nitrogen functional groups attached to an aromatic ring is 1. The van der Waals surface area contributed by atoms with Crippen LogP contribution < -0.4 is 11.1 Å². The highest BCUT2D eigenvalue weighted by Gasteiger charge is 2.13. The standard InChI is InChI=1S/C13H13N3O2S/c1-19-11-5-3-2-4-10(11)16-12-9(13(17)18)6-8(14)7-15-12/h2-7H,14H2,1H3,(H,15,16)(H,17,18). The van der Waals surface area contributed by atoms with Gasteiger partial charge in [0.15, 0.2) is 0 Å². The quantitative estimate of drug-likeness (QED) is 0.744. The summed E-state index contributed by atoms with van der Waals surface area (Å²) in [6, 6.07) is 9.00. The number of para-hydroxylation sites is 1. The van der Waals surface area contributed by atoms with Crippen molar-refractivity contribution in [2.24, 2.45) is 0 Å². The van der Waals surface area contributed by atoms with Crippen LogP contribution >= 0.6 is 11.8 Å². The zero-order chi connectivity index (χ0) is 13.8. The van der Waals surface area contributed by atoms with E-state index in [1.165, 1.54) is 12.3 Å². The molecule has 2 rings (SSSR count). The summed E-state index contributed by atoms with van der Waals surface area (Å²) in [4.78, 5) is 16.2. The fraction of sp³-hybridized carbons (Fsp3) is 0.0769. The number of hydrogen-bond acceptors (Lipinski definition) is 5. The summed E-state index contributed by atoms with van der Waals surface area (Å²) < 4.78 is 0. The summed E-state index contributed by atoms with van der Waals surface area (Å²) in [5.41, 5.74) is 6.74. The number of aromatic carboxylic acids is 1. The lowest BCUT2D eigenvalue weighted by atomic mass is 10.2. The molecule has 0 bridgehead atoms. The van der Waals surface area contributed by atoms with Crippen LogP contribution in [0, 0.1) is 0 Å². The maximum Gasteiger partial charge on any atom is 0.339 e. The molecule has 98 valence electrons. The second-order valence-corrected chi connectivity index (χ2v) is 4.64. The summed E-state index contributed by atoms with van der Waals surface area (Å²) in [6.07, 6.45) is 3.38. The molecule has 19 heavy (non-hydrogen) atoms. The third-order valence-corrected chi connectivity index (χ3v) is 3.30. The summed E-state index contributed by atoms with van der Waals surface area (Å²) in [5.74, 6) is -0.785. The zero-order valence-corrected chi connectivity index (χ0v) is 11.1. The molecule has 1 aromatic carbocycles. The molecule has 5 nitrogen and oxygen atoms in total. The van der Waals surface area contributed by atoms with Crippen molar-refractivity contribution in [2.45, 2.75) is 4.90 Å². The van der Waals surface area contributed by atoms with Crippen LogP contribution in [0.5, 0.6) is 0 Å². The molecule has 1 aromatic heterocycles. The molecule has 0 radical (unpaired) electrons. The number of anilines is 3. The number of nitrogens with two attached hydrogens (primary N) is 1. The highest BCUT2D eigenvalue weighted by molar-refractivity contribution is 7.98. The van der Waals surface area contributed by atoms with Crippen LogP contribution in [-0.4, -0.2) is 22.3 Å². The van der Waals surface area contributed by atoms with Gasteiger partial charge in [-0.3, -0.25) is 0 Å². The Kier molecular flexibility index (Phi) is 3.91. The third-order valence-electron chi connectivity index (χ3n) is 2.50. The van der Waals surface area contributed by atoms with Gasteiger partial charge in [-0.05, 0) is 24.5 Å². The van der Waals surface area contributed by atoms with Gasteiger partial charge in [0.05, 0.1) is 17.6 Å². The lowest BCUT2D eigenvalue weighted by molar-refractivity contribution is 0.0697. The number of aromatic nitrogens is 1. The van der Waals surface area contributed by atoms with E-state index in [1.54, 1.807) is 11.8 Å². The number of carboxylic acid groups (broad SMARTS) is 1. The van der Waals surface area contributed by atoms with E-state index in [4.69, 9.17) is 10.8 Å². The van der Waals surface area contributed by atoms with Crippen molar-refractivity contribution in [2.75, 3.05) is 17.3 Å². The Morgan fingerprint density at radius 3 is 2.84 bits per heavy atom. The lowest BCUT2D eigenvalue weighted by Crippen LogP contribution is -2.06. The van der Waals surface area contributed by atoms with E-state index < -0.39 is 5.97 Å². The van der Waals surface area contributed by atoms with Crippen LogP contribution in [0.2, 0.25) is 0 Å². The van der Waals surface area contributed by atoms with Gasteiger partial charge < -0.3 is 16.2 Å². The topological polar surface area (TPSA) is 88.2 Å². The van der Waals surface area contributed by atoms with E-state index in [9.17, 15) is 4.79 Å². The maximum atomic E-state index is 11.2. The van der Waals surface area contributed by atoms with Gasteiger partial charge in [-0.2, -0.15) is 0 Å². The van der Waals surface area contributed by atoms with E-state index >= 15 is 0 Å². The maximum absolute atomic E-state index is 11.2. The molecule has 0 saturated carbocycles. The summed E-state index contributed by atoms with van der Waals surface area (Å²) in [7, 11) is 0. The van der Waals surface area contributed by atoms with Crippen molar-refractivity contribution < 1.29 is 9.90 Å². The average molecular weight is 275 g/mol. The number of carboxylic acids is 1. The molecule has 0 aliphatic heterocycles. The first kappa shape index (κ1) is 13.2. The van der Waals surface area contributed by atoms with Crippen molar-refractivity contribution in [3.63, 3.8) is 0 Å². The molecule has 0 saturated heterocycles. The van der Waals surface area contributed by atoms with Crippen LogP contribution in [0.4, 0.5) is 17.2 Å². The molecular formula is C13H13N3O2S. The molecule has 0 spiro atoms. The Morgan fingerprint density at radius 1 is 1.42 bits per heavy atom. The Hall–Kier alpha value is -2.21. The van der Waals surface area contributed by atoms with Crippen molar-refractivity contribution in [3.05, 3.63) is 42.1 Å². The highest BCUT2D eigenvalue weighted by atomic mass is 32.2. The first-order chi connectivity index (χ1) is 9.11. The number of hydrogen-bond donors (Lipinski definition) is 3. The number of nitrogens with one attached hydrogen (secondary N) is 1. The van der Waals surface area contributed by atoms with E-state index in [1.807, 2.05) is 30.5 Å². The Labute approximate surface area is 114 Å². The molecule has 6 heteroatoms. The fourth-order valence-corrected chi connectivity index (χ4v) is 2.17. The van der Waals surface area contributed by atoms with Crippen LogP contribution in [0.3, 0.4) is 0 Å². The molecule has 0 unspecified atom stereocenters. The van der Waals surface area contributed by atoms with Crippen LogP contribution in [0.25, 0.3) is 0 Å². The Bertz CT molecular complexity index is 617. The van der Waals surface area contributed by atoms with Crippen LogP contribution in [-0.2, 0) is 0 Å². The van der Waals surface area contributed by atoms with Crippen molar-refractivity contribution in [1.82, 2.24) is 4.98 Å². The van der Waals surface area contributed by atoms with Gasteiger partial charge in [0.2, 0.25) is 0 Å². The normalized spacial score (nSPS) is 10.2. The molecule has 0 aliphatic carbocycles. The molecule has 0 fully saturated rings. The highest BCUT2D eigenvalue weighted by Crippen LogP contribution is 2.28. The van der Waals surface area contributed by atoms with Crippen LogP contribution in [0.1, 0.15) is 10.4 Å². The van der Waals surface area contributed by atoms with E-state index in [0.717, 1.165) is 10.6 Å². The van der Waals surface area contributed by atoms with Crippen LogP contribution in [0.15, 0.2) is 41.4 Å². The van der Waals surface area contributed by atoms with E-state index in [0.29, 0.717) is 5.69 Å². The SMILES string of the molecule is CSc1ccccc1Nc1ncc(N)cc1C(=O)O. The molecule has 0 amide bonds. The van der Waals surface area contributed by atoms with Gasteiger partial charge in [0.25, 0.3) is 0 Å². The van der Waals surface area contributed by atoms with Gasteiger partial charge in [-0.25, -0.2) is 9.78 Å². The minimum absolute atomic E-state index is 0.0518. The fourth-order valence-electron chi connectivity index (χ4n) is 1.62. The molecule has 1 heterocycles. The second kappa shape index (κ2) is 5.62. The zero-order valence-electron chi connectivity index (χ0n) is 10.3. The number of thioether (sulfide) groups is 1. The van der Waals surface area contributed by atoms with Gasteiger partial charge in [-0.1, -0.05) is 12.1 Å². The van der Waals surface area contributed by atoms with Crippen molar-refractivity contribution in [1.29, 1.82) is 0 Å². The molecule has 0 atom stereocenters. The Morgan fingerprint density at radius 2 is 2.16 bits per heavy atom. The Balaban J connectivity index is 2.41. The van der Waals surface area contributed by atoms with Gasteiger partial charge in [0, 0.05) is 4.90 Å². The first-order valence-electron chi connectivity index (χ1n) is 5.50. The number of carbonyl (C=O) groups is 1. The van der Waals surface area contributed by atoms with Crippen molar-refractivity contribution in [3.8, 4) is 0 Å². The second-order valence-electron chi connectivity index (χ2n) is 3.80. The number of rotatable bonds is 4. The summed E-state index contributed by atoms with van der Waals surface area (Å²) in [5, 5.41) is 12.2. The summed E-state index contributed by atoms with van der Waals surface area (Å²) >= 11 is 1.57. The van der Waals surface area contributed by atoms with Crippen molar-refractivity contribution >= 4 is 34.9 Å². The predicted octanol–water partition coefficient (Wildman–Crippen LogP) is 2.83. The molecule has 2 aromatic rings. The van der Waals surface area contributed by atoms with Gasteiger partial charge >= 0.3 is 5.97 Å². The summed E-state index contributed by atoms with van der Waals surface area (Å²) in [6.45, 7) is 0. The third kappa shape index (κ3) is 2.97. The lowest BCUT2D eigenvalue weighted by Gasteiger charge is -2.11. The van der Waals surface area contributed by atoms with Gasteiger partial charge in [-0.15, -0.1) is 11.8 Å². The van der Waals surface area contributed by atoms with E-state index in [2.05, 4.69) is 10.3 Å². The monoisotopic (exact) mass is 275 g/mol. The molecular weight excluding hydrogens is 262 g/mol. The molecule has 4 N–H and O–H groups in total. The van der Waals surface area contributed by atoms with Gasteiger partial charge in [0.1, 0.15) is 11.4 Å². The smallest absolute Gasteiger partial charge is 0.339 e. The predicted molar refractivity (Wildman–Crippen MR) is 77.1 cm³/mol. The minimum Gasteiger partial charge on any atom is -0.478 e. The number of pyridine rings is 1. The minimum atomic E-state index is -1.07.